The lowest BCUT2D eigenvalue weighted by Crippen LogP contribution is -2.37. The van der Waals surface area contributed by atoms with Gasteiger partial charge in [-0.1, -0.05) is 13.8 Å². The van der Waals surface area contributed by atoms with Crippen LogP contribution in [0.3, 0.4) is 0 Å². The average molecular weight is 268 g/mol. The van der Waals surface area contributed by atoms with Crippen LogP contribution in [0.4, 0.5) is 0 Å². The van der Waals surface area contributed by atoms with E-state index in [4.69, 9.17) is 5.26 Å². The van der Waals surface area contributed by atoms with Crippen LogP contribution in [0.1, 0.15) is 35.6 Å². The van der Waals surface area contributed by atoms with Crippen LogP contribution in [-0.4, -0.2) is 22.4 Å². The second-order valence-electron chi connectivity index (χ2n) is 5.19. The molecule has 2 rings (SSSR count). The summed E-state index contributed by atoms with van der Waals surface area (Å²) in [4.78, 5) is 19.1. The molecule has 0 unspecified atom stereocenters. The normalized spacial score (nSPS) is 10.8. The van der Waals surface area contributed by atoms with Crippen LogP contribution in [0.25, 0.3) is 0 Å². The van der Waals surface area contributed by atoms with Gasteiger partial charge in [-0.25, -0.2) is 4.98 Å². The fourth-order valence-electron chi connectivity index (χ4n) is 1.83. The molecular formula is C15H16N4O. The summed E-state index contributed by atoms with van der Waals surface area (Å²) in [6, 6.07) is 9.03. The van der Waals surface area contributed by atoms with Gasteiger partial charge in [-0.05, 0) is 24.3 Å². The molecule has 0 saturated heterocycles. The third-order valence-corrected chi connectivity index (χ3v) is 3.14. The maximum absolute atomic E-state index is 12.0. The topological polar surface area (TPSA) is 81.6 Å². The lowest BCUT2D eigenvalue weighted by Gasteiger charge is -2.23. The zero-order valence-electron chi connectivity index (χ0n) is 11.5. The highest BCUT2D eigenvalue weighted by Crippen LogP contribution is 2.20. The molecule has 2 aromatic rings. The van der Waals surface area contributed by atoms with E-state index >= 15 is 0 Å². The number of nitrogens with one attached hydrogen (secondary N) is 2. The van der Waals surface area contributed by atoms with Crippen molar-refractivity contribution in [3.8, 4) is 6.07 Å². The standard InChI is InChI=1S/C15H16N4O/c1-15(2,13-4-3-7-17-13)10-19-14(20)12-6-5-11(8-16)9-18-12/h3-7,9,17H,10H2,1-2H3,(H,19,20). The molecule has 102 valence electrons. The minimum atomic E-state index is -0.242. The molecular weight excluding hydrogens is 252 g/mol. The lowest BCUT2D eigenvalue weighted by atomic mass is 9.89. The molecule has 20 heavy (non-hydrogen) atoms. The van der Waals surface area contributed by atoms with Gasteiger partial charge in [-0.15, -0.1) is 0 Å². The number of carbonyl (C=O) groups is 1. The molecule has 5 nitrogen and oxygen atoms in total. The quantitative estimate of drug-likeness (QED) is 0.889. The molecule has 1 amide bonds. The Hall–Kier alpha value is -2.61. The summed E-state index contributed by atoms with van der Waals surface area (Å²) >= 11 is 0. The van der Waals surface area contributed by atoms with Crippen LogP contribution in [0.15, 0.2) is 36.7 Å². The van der Waals surface area contributed by atoms with Crippen LogP contribution in [0, 0.1) is 11.3 Å². The van der Waals surface area contributed by atoms with Crippen molar-refractivity contribution in [2.24, 2.45) is 0 Å². The van der Waals surface area contributed by atoms with E-state index in [0.29, 0.717) is 17.8 Å². The smallest absolute Gasteiger partial charge is 0.269 e. The molecule has 0 aliphatic rings. The first-order valence-electron chi connectivity index (χ1n) is 6.31. The number of nitrogens with zero attached hydrogens (tertiary/aromatic N) is 2. The minimum Gasteiger partial charge on any atom is -0.364 e. The van der Waals surface area contributed by atoms with E-state index in [0.717, 1.165) is 5.69 Å². The van der Waals surface area contributed by atoms with Crippen molar-refractivity contribution >= 4 is 5.91 Å². The Labute approximate surface area is 117 Å². The van der Waals surface area contributed by atoms with E-state index < -0.39 is 0 Å². The van der Waals surface area contributed by atoms with Crippen molar-refractivity contribution < 1.29 is 4.79 Å². The Morgan fingerprint density at radius 3 is 2.80 bits per heavy atom. The second-order valence-corrected chi connectivity index (χ2v) is 5.19. The zero-order chi connectivity index (χ0) is 14.6. The minimum absolute atomic E-state index is 0.189. The highest BCUT2D eigenvalue weighted by Gasteiger charge is 2.22. The van der Waals surface area contributed by atoms with Crippen LogP contribution in [-0.2, 0) is 5.41 Å². The Balaban J connectivity index is 2.00. The second kappa shape index (κ2) is 5.57. The van der Waals surface area contributed by atoms with Crippen molar-refractivity contribution in [3.05, 3.63) is 53.6 Å². The molecule has 0 fully saturated rings. The fourth-order valence-corrected chi connectivity index (χ4v) is 1.83. The molecule has 0 atom stereocenters. The number of rotatable bonds is 4. The largest absolute Gasteiger partial charge is 0.364 e. The third kappa shape index (κ3) is 3.04. The SMILES string of the molecule is CC(C)(CNC(=O)c1ccc(C#N)cn1)c1ccc[nH]1. The van der Waals surface area contributed by atoms with Crippen LogP contribution >= 0.6 is 0 Å². The van der Waals surface area contributed by atoms with Crippen molar-refractivity contribution in [2.75, 3.05) is 6.54 Å². The zero-order valence-corrected chi connectivity index (χ0v) is 11.5. The van der Waals surface area contributed by atoms with Gasteiger partial charge in [-0.2, -0.15) is 5.26 Å². The number of aromatic amines is 1. The Morgan fingerprint density at radius 2 is 2.25 bits per heavy atom. The maximum Gasteiger partial charge on any atom is 0.269 e. The monoisotopic (exact) mass is 268 g/mol. The van der Waals surface area contributed by atoms with Crippen molar-refractivity contribution in [1.82, 2.24) is 15.3 Å². The van der Waals surface area contributed by atoms with Crippen molar-refractivity contribution in [1.29, 1.82) is 5.26 Å². The average Bonchev–Trinajstić information content (AvgIpc) is 3.00. The molecule has 0 aromatic carbocycles. The van der Waals surface area contributed by atoms with Gasteiger partial charge < -0.3 is 10.3 Å². The van der Waals surface area contributed by atoms with E-state index in [9.17, 15) is 4.79 Å². The van der Waals surface area contributed by atoms with E-state index in [2.05, 4.69) is 15.3 Å². The van der Waals surface area contributed by atoms with Gasteiger partial charge >= 0.3 is 0 Å². The first-order valence-corrected chi connectivity index (χ1v) is 6.31. The molecule has 0 spiro atoms. The number of hydrogen-bond donors (Lipinski definition) is 2. The molecule has 0 bridgehead atoms. The van der Waals surface area contributed by atoms with Gasteiger partial charge in [0.25, 0.3) is 5.91 Å². The molecule has 5 heteroatoms. The number of hydrogen-bond acceptors (Lipinski definition) is 3. The molecule has 2 N–H and O–H groups in total. The van der Waals surface area contributed by atoms with Gasteiger partial charge in [0, 0.05) is 30.0 Å². The van der Waals surface area contributed by atoms with Crippen molar-refractivity contribution in [3.63, 3.8) is 0 Å². The van der Waals surface area contributed by atoms with Gasteiger partial charge in [0.2, 0.25) is 0 Å². The van der Waals surface area contributed by atoms with Crippen LogP contribution in [0.5, 0.6) is 0 Å². The Morgan fingerprint density at radius 1 is 1.45 bits per heavy atom. The predicted molar refractivity (Wildman–Crippen MR) is 75.1 cm³/mol. The first-order chi connectivity index (χ1) is 9.53. The molecule has 2 aromatic heterocycles. The summed E-state index contributed by atoms with van der Waals surface area (Å²) in [6.45, 7) is 4.59. The lowest BCUT2D eigenvalue weighted by molar-refractivity contribution is 0.0940. The first kappa shape index (κ1) is 13.8. The Kier molecular flexibility index (Phi) is 3.85. The summed E-state index contributed by atoms with van der Waals surface area (Å²) in [7, 11) is 0. The predicted octanol–water partition coefficient (Wildman–Crippen LogP) is 1.99. The van der Waals surface area contributed by atoms with Crippen LogP contribution < -0.4 is 5.32 Å². The number of nitriles is 1. The number of aromatic nitrogens is 2. The number of H-pyrrole nitrogens is 1. The molecule has 0 aliphatic carbocycles. The number of amides is 1. The van der Waals surface area contributed by atoms with Gasteiger partial charge in [0.15, 0.2) is 0 Å². The van der Waals surface area contributed by atoms with Crippen molar-refractivity contribution in [2.45, 2.75) is 19.3 Å². The fraction of sp³-hybridized carbons (Fsp3) is 0.267. The molecule has 0 radical (unpaired) electrons. The van der Waals surface area contributed by atoms with E-state index in [1.807, 2.05) is 38.2 Å². The van der Waals surface area contributed by atoms with Gasteiger partial charge in [0.1, 0.15) is 11.8 Å². The maximum atomic E-state index is 12.0. The third-order valence-electron chi connectivity index (χ3n) is 3.14. The van der Waals surface area contributed by atoms with E-state index in [1.54, 1.807) is 12.1 Å². The van der Waals surface area contributed by atoms with E-state index in [-0.39, 0.29) is 11.3 Å². The molecule has 0 saturated carbocycles. The summed E-state index contributed by atoms with van der Waals surface area (Å²) in [5, 5.41) is 11.5. The summed E-state index contributed by atoms with van der Waals surface area (Å²) in [5.74, 6) is -0.242. The summed E-state index contributed by atoms with van der Waals surface area (Å²) < 4.78 is 0. The van der Waals surface area contributed by atoms with Crippen LogP contribution in [0.2, 0.25) is 0 Å². The van der Waals surface area contributed by atoms with Gasteiger partial charge in [-0.3, -0.25) is 4.79 Å². The molecule has 2 heterocycles. The van der Waals surface area contributed by atoms with E-state index in [1.165, 1.54) is 6.20 Å². The Bertz CT molecular complexity index is 621. The highest BCUT2D eigenvalue weighted by molar-refractivity contribution is 5.92. The van der Waals surface area contributed by atoms with Gasteiger partial charge in [0.05, 0.1) is 5.56 Å². The highest BCUT2D eigenvalue weighted by atomic mass is 16.1. The molecule has 0 aliphatic heterocycles. The summed E-state index contributed by atoms with van der Waals surface area (Å²) in [6.07, 6.45) is 3.26. The number of pyridine rings is 1. The summed E-state index contributed by atoms with van der Waals surface area (Å²) in [5.41, 5.74) is 1.62. The number of carbonyl (C=O) groups excluding carboxylic acids is 1.